The molecule has 0 radical (unpaired) electrons. The Kier molecular flexibility index (Phi) is 8.14. The van der Waals surface area contributed by atoms with Crippen molar-refractivity contribution in [2.45, 2.75) is 24.7 Å². The summed E-state index contributed by atoms with van der Waals surface area (Å²) in [5, 5.41) is 30.4. The largest absolute Gasteiger partial charge is 0.489 e. The van der Waals surface area contributed by atoms with Crippen molar-refractivity contribution < 1.29 is 27.4 Å². The summed E-state index contributed by atoms with van der Waals surface area (Å²) < 4.78 is 66.6. The number of halogens is 4. The van der Waals surface area contributed by atoms with E-state index in [1.54, 1.807) is 48.5 Å². The van der Waals surface area contributed by atoms with E-state index in [4.69, 9.17) is 10.00 Å². The summed E-state index contributed by atoms with van der Waals surface area (Å²) in [7, 11) is 0. The van der Waals surface area contributed by atoms with Crippen LogP contribution in [0, 0.1) is 34.8 Å². The lowest BCUT2D eigenvalue weighted by molar-refractivity contribution is -0.207. The van der Waals surface area contributed by atoms with Crippen molar-refractivity contribution in [1.29, 1.82) is 5.26 Å². The molecule has 0 aliphatic carbocycles. The lowest BCUT2D eigenvalue weighted by Crippen LogP contribution is -2.48. The number of hydrogen-bond donors (Lipinski definition) is 1. The molecule has 1 atom stereocenters. The Morgan fingerprint density at radius 1 is 0.907 bits per heavy atom. The molecular weight excluding hydrogens is 564 g/mol. The first-order chi connectivity index (χ1) is 20.7. The van der Waals surface area contributed by atoms with Crippen LogP contribution in [0.1, 0.15) is 33.5 Å². The van der Waals surface area contributed by atoms with Gasteiger partial charge in [-0.2, -0.15) is 14.0 Å². The van der Waals surface area contributed by atoms with Crippen LogP contribution in [0.5, 0.6) is 5.75 Å². The maximum atomic E-state index is 15.9. The number of rotatable bonds is 8. The standard InChI is InChI=1S/C31H20F4N6O2/c32-25-11-12-27(28(33)15-25)30(42,19-41-20-38-39-40-41)31(34,35)29-13-10-23(17-37-29)7-4-21-2-1-3-26(14-21)43-18-24-8-5-22(16-36)6-9-24/h1-3,5-6,8-15,17,20,42H,18-19H2. The summed E-state index contributed by atoms with van der Waals surface area (Å²) in [5.41, 5.74) is -2.66. The van der Waals surface area contributed by atoms with Crippen LogP contribution < -0.4 is 4.74 Å². The first-order valence-corrected chi connectivity index (χ1v) is 12.6. The van der Waals surface area contributed by atoms with E-state index in [0.29, 0.717) is 28.5 Å². The molecule has 0 aliphatic heterocycles. The molecule has 43 heavy (non-hydrogen) atoms. The Morgan fingerprint density at radius 3 is 2.35 bits per heavy atom. The SMILES string of the molecule is N#Cc1ccc(COc2cccc(C#Cc3ccc(C(F)(F)C(O)(Cn4cnnn4)c4ccc(F)cc4F)nc3)c2)cc1. The van der Waals surface area contributed by atoms with Crippen LogP contribution in [0.2, 0.25) is 0 Å². The molecule has 12 heteroatoms. The molecule has 0 aliphatic rings. The summed E-state index contributed by atoms with van der Waals surface area (Å²) in [4.78, 5) is 3.81. The maximum absolute atomic E-state index is 15.9. The zero-order valence-corrected chi connectivity index (χ0v) is 22.1. The first kappa shape index (κ1) is 28.9. The molecule has 5 aromatic rings. The number of aromatic nitrogens is 5. The lowest BCUT2D eigenvalue weighted by Gasteiger charge is -2.35. The number of benzene rings is 3. The van der Waals surface area contributed by atoms with E-state index in [1.807, 2.05) is 0 Å². The number of ether oxygens (including phenoxy) is 1. The van der Waals surface area contributed by atoms with Gasteiger partial charge in [0, 0.05) is 29.0 Å². The molecular formula is C31H20F4N6O2. The van der Waals surface area contributed by atoms with Crippen LogP contribution in [-0.2, 0) is 24.7 Å². The third kappa shape index (κ3) is 6.35. The second-order valence-corrected chi connectivity index (χ2v) is 9.37. The highest BCUT2D eigenvalue weighted by Gasteiger charge is 2.58. The minimum Gasteiger partial charge on any atom is -0.489 e. The smallest absolute Gasteiger partial charge is 0.323 e. The van der Waals surface area contributed by atoms with Crippen molar-refractivity contribution in [3.8, 4) is 23.7 Å². The average Bonchev–Trinajstić information content (AvgIpc) is 3.52. The van der Waals surface area contributed by atoms with E-state index < -0.39 is 41.0 Å². The van der Waals surface area contributed by atoms with Crippen molar-refractivity contribution in [2.75, 3.05) is 0 Å². The molecule has 0 fully saturated rings. The minimum atomic E-state index is -4.18. The lowest BCUT2D eigenvalue weighted by atomic mass is 9.84. The van der Waals surface area contributed by atoms with Crippen LogP contribution in [0.25, 0.3) is 0 Å². The van der Waals surface area contributed by atoms with Gasteiger partial charge in [-0.05, 0) is 70.6 Å². The topological polar surface area (TPSA) is 110 Å². The molecule has 0 bridgehead atoms. The molecule has 2 aromatic heterocycles. The molecule has 5 rings (SSSR count). The van der Waals surface area contributed by atoms with Crippen LogP contribution in [0.3, 0.4) is 0 Å². The molecule has 8 nitrogen and oxygen atoms in total. The first-order valence-electron chi connectivity index (χ1n) is 12.6. The monoisotopic (exact) mass is 584 g/mol. The molecule has 214 valence electrons. The van der Waals surface area contributed by atoms with Gasteiger partial charge in [0.1, 0.15) is 36.0 Å². The van der Waals surface area contributed by atoms with E-state index in [9.17, 15) is 13.9 Å². The van der Waals surface area contributed by atoms with Crippen LogP contribution in [0.15, 0.2) is 91.4 Å². The van der Waals surface area contributed by atoms with E-state index >= 15 is 8.78 Å². The summed E-state index contributed by atoms with van der Waals surface area (Å²) >= 11 is 0. The zero-order chi connectivity index (χ0) is 30.5. The Hall–Kier alpha value is -5.59. The minimum absolute atomic E-state index is 0.282. The van der Waals surface area contributed by atoms with Crippen LogP contribution >= 0.6 is 0 Å². The van der Waals surface area contributed by atoms with Crippen molar-refractivity contribution in [2.24, 2.45) is 0 Å². The Labute approximate surface area is 242 Å². The van der Waals surface area contributed by atoms with Gasteiger partial charge in [0.05, 0.1) is 18.2 Å². The fourth-order valence-electron chi connectivity index (χ4n) is 4.18. The predicted octanol–water partition coefficient (Wildman–Crippen LogP) is 4.88. The van der Waals surface area contributed by atoms with Gasteiger partial charge in [-0.3, -0.25) is 4.98 Å². The van der Waals surface area contributed by atoms with Gasteiger partial charge >= 0.3 is 5.92 Å². The fraction of sp³-hybridized carbons (Fsp3) is 0.129. The predicted molar refractivity (Wildman–Crippen MR) is 144 cm³/mol. The Balaban J connectivity index is 1.35. The fourth-order valence-corrected chi connectivity index (χ4v) is 4.18. The second kappa shape index (κ2) is 12.1. The molecule has 1 N–H and O–H groups in total. The van der Waals surface area contributed by atoms with Gasteiger partial charge in [0.15, 0.2) is 5.60 Å². The van der Waals surface area contributed by atoms with E-state index in [0.717, 1.165) is 41.0 Å². The van der Waals surface area contributed by atoms with E-state index in [-0.39, 0.29) is 6.61 Å². The van der Waals surface area contributed by atoms with Crippen molar-refractivity contribution in [1.82, 2.24) is 25.2 Å². The number of aliphatic hydroxyl groups is 1. The third-order valence-electron chi connectivity index (χ3n) is 6.44. The normalized spacial score (nSPS) is 12.5. The summed E-state index contributed by atoms with van der Waals surface area (Å²) in [6, 6.07) is 20.2. The molecule has 2 heterocycles. The highest BCUT2D eigenvalue weighted by Crippen LogP contribution is 2.46. The van der Waals surface area contributed by atoms with E-state index in [2.05, 4.69) is 38.4 Å². The Morgan fingerprint density at radius 2 is 1.67 bits per heavy atom. The highest BCUT2D eigenvalue weighted by molar-refractivity contribution is 5.45. The van der Waals surface area contributed by atoms with Gasteiger partial charge in [-0.15, -0.1) is 5.10 Å². The summed E-state index contributed by atoms with van der Waals surface area (Å²) in [6.45, 7) is -0.674. The second-order valence-electron chi connectivity index (χ2n) is 9.37. The number of alkyl halides is 2. The number of nitriles is 1. The van der Waals surface area contributed by atoms with Crippen molar-refractivity contribution in [3.63, 3.8) is 0 Å². The number of hydrogen-bond acceptors (Lipinski definition) is 7. The van der Waals surface area contributed by atoms with Gasteiger partial charge in [-0.25, -0.2) is 13.5 Å². The third-order valence-corrected chi connectivity index (χ3v) is 6.44. The molecule has 0 spiro atoms. The average molecular weight is 585 g/mol. The van der Waals surface area contributed by atoms with Gasteiger partial charge in [0.25, 0.3) is 0 Å². The van der Waals surface area contributed by atoms with Gasteiger partial charge in [-0.1, -0.05) is 30.0 Å². The molecule has 0 saturated carbocycles. The molecule has 0 saturated heterocycles. The van der Waals surface area contributed by atoms with Gasteiger partial charge < -0.3 is 9.84 Å². The Bertz CT molecular complexity index is 1830. The van der Waals surface area contributed by atoms with Crippen LogP contribution in [0.4, 0.5) is 17.6 Å². The summed E-state index contributed by atoms with van der Waals surface area (Å²) in [5.74, 6) is -0.242. The molecule has 0 amide bonds. The molecule has 1 unspecified atom stereocenters. The number of tetrazole rings is 1. The maximum Gasteiger partial charge on any atom is 0.323 e. The number of nitrogens with zero attached hydrogens (tertiary/aromatic N) is 6. The summed E-state index contributed by atoms with van der Waals surface area (Å²) in [6.07, 6.45) is 2.07. The number of pyridine rings is 1. The van der Waals surface area contributed by atoms with E-state index in [1.165, 1.54) is 6.07 Å². The van der Waals surface area contributed by atoms with Gasteiger partial charge in [0.2, 0.25) is 0 Å². The quantitative estimate of drug-likeness (QED) is 0.205. The molecule has 3 aromatic carbocycles. The highest BCUT2D eigenvalue weighted by atomic mass is 19.3. The van der Waals surface area contributed by atoms with Crippen LogP contribution in [-0.4, -0.2) is 30.3 Å². The van der Waals surface area contributed by atoms with Crippen molar-refractivity contribution in [3.05, 3.63) is 137 Å². The van der Waals surface area contributed by atoms with Crippen molar-refractivity contribution >= 4 is 0 Å². The zero-order valence-electron chi connectivity index (χ0n) is 22.1.